The number of nitrogens with zero attached hydrogens (tertiary/aromatic N) is 1. The van der Waals surface area contributed by atoms with Gasteiger partial charge in [0.1, 0.15) is 5.82 Å². The molecule has 0 aliphatic rings. The maximum Gasteiger partial charge on any atom is 0.123 e. The molecule has 0 saturated carbocycles. The van der Waals surface area contributed by atoms with Gasteiger partial charge < -0.3 is 10.8 Å². The number of nitrogens with two attached hydrogens (primary N) is 1. The summed E-state index contributed by atoms with van der Waals surface area (Å²) in [6, 6.07) is 14.1. The zero-order valence-electron chi connectivity index (χ0n) is 12.2. The number of hydrogen-bond donors (Lipinski definition) is 2. The van der Waals surface area contributed by atoms with Crippen molar-refractivity contribution in [2.75, 3.05) is 13.6 Å². The quantitative estimate of drug-likeness (QED) is 0.858. The van der Waals surface area contributed by atoms with Crippen LogP contribution in [0.15, 0.2) is 48.5 Å². The molecule has 0 aromatic heterocycles. The lowest BCUT2D eigenvalue weighted by Gasteiger charge is -2.21. The van der Waals surface area contributed by atoms with Crippen LogP contribution in [0, 0.1) is 5.82 Å². The van der Waals surface area contributed by atoms with Crippen molar-refractivity contribution in [1.82, 2.24) is 4.90 Å². The summed E-state index contributed by atoms with van der Waals surface area (Å²) in [5.41, 5.74) is 8.49. The van der Waals surface area contributed by atoms with Gasteiger partial charge in [0.2, 0.25) is 0 Å². The summed E-state index contributed by atoms with van der Waals surface area (Å²) >= 11 is 0. The van der Waals surface area contributed by atoms with E-state index in [9.17, 15) is 9.50 Å². The minimum Gasteiger partial charge on any atom is -0.387 e. The summed E-state index contributed by atoms with van der Waals surface area (Å²) in [7, 11) is 1.93. The zero-order chi connectivity index (χ0) is 15.2. The highest BCUT2D eigenvalue weighted by Crippen LogP contribution is 2.16. The van der Waals surface area contributed by atoms with Crippen molar-refractivity contribution in [2.45, 2.75) is 19.2 Å². The molecule has 112 valence electrons. The highest BCUT2D eigenvalue weighted by Gasteiger charge is 2.11. The molecule has 0 aliphatic heterocycles. The summed E-state index contributed by atoms with van der Waals surface area (Å²) < 4.78 is 12.9. The van der Waals surface area contributed by atoms with Gasteiger partial charge in [-0.25, -0.2) is 4.39 Å². The van der Waals surface area contributed by atoms with Gasteiger partial charge >= 0.3 is 0 Å². The number of aliphatic hydroxyl groups excluding tert-OH is 1. The van der Waals surface area contributed by atoms with E-state index in [2.05, 4.69) is 0 Å². The van der Waals surface area contributed by atoms with Crippen molar-refractivity contribution in [3.05, 3.63) is 71.0 Å². The van der Waals surface area contributed by atoms with Crippen LogP contribution in [0.3, 0.4) is 0 Å². The fourth-order valence-electron chi connectivity index (χ4n) is 2.24. The van der Waals surface area contributed by atoms with Crippen molar-refractivity contribution in [3.8, 4) is 0 Å². The van der Waals surface area contributed by atoms with Gasteiger partial charge in [-0.2, -0.15) is 0 Å². The minimum absolute atomic E-state index is 0.235. The molecule has 0 bridgehead atoms. The van der Waals surface area contributed by atoms with Crippen LogP contribution in [0.25, 0.3) is 0 Å². The maximum atomic E-state index is 12.9. The first-order valence-electron chi connectivity index (χ1n) is 6.98. The molecule has 0 fully saturated rings. The van der Waals surface area contributed by atoms with Gasteiger partial charge in [0.25, 0.3) is 0 Å². The molecule has 3 N–H and O–H groups in total. The minimum atomic E-state index is -0.553. The van der Waals surface area contributed by atoms with Crippen molar-refractivity contribution in [2.24, 2.45) is 5.73 Å². The van der Waals surface area contributed by atoms with Crippen LogP contribution in [0.4, 0.5) is 4.39 Å². The molecule has 0 amide bonds. The second kappa shape index (κ2) is 7.31. The van der Waals surface area contributed by atoms with E-state index < -0.39 is 6.10 Å². The average Bonchev–Trinajstić information content (AvgIpc) is 2.49. The molecule has 0 aliphatic carbocycles. The van der Waals surface area contributed by atoms with Crippen LogP contribution in [0.1, 0.15) is 22.8 Å². The van der Waals surface area contributed by atoms with Gasteiger partial charge in [-0.1, -0.05) is 36.4 Å². The summed E-state index contributed by atoms with van der Waals surface area (Å²) in [6.45, 7) is 1.68. The standard InChI is InChI=1S/C17H21FN2O/c1-20(11-14-4-8-16(18)9-5-14)12-17(21)15-6-2-13(10-19)3-7-15/h2-9,17,21H,10-12,19H2,1H3. The number of hydrogen-bond acceptors (Lipinski definition) is 3. The van der Waals surface area contributed by atoms with Crippen LogP contribution in [0.5, 0.6) is 0 Å². The zero-order valence-corrected chi connectivity index (χ0v) is 12.2. The fraction of sp³-hybridized carbons (Fsp3) is 0.294. The molecule has 3 nitrogen and oxygen atoms in total. The predicted molar refractivity (Wildman–Crippen MR) is 82.0 cm³/mol. The topological polar surface area (TPSA) is 49.5 Å². The lowest BCUT2D eigenvalue weighted by Crippen LogP contribution is -2.24. The first-order valence-corrected chi connectivity index (χ1v) is 6.98. The molecule has 0 saturated heterocycles. The first kappa shape index (κ1) is 15.6. The third kappa shape index (κ3) is 4.63. The summed E-state index contributed by atoms with van der Waals surface area (Å²) in [5, 5.41) is 10.2. The monoisotopic (exact) mass is 288 g/mol. The van der Waals surface area contributed by atoms with Crippen LogP contribution in [0.2, 0.25) is 0 Å². The molecule has 1 unspecified atom stereocenters. The van der Waals surface area contributed by atoms with Gasteiger partial charge in [0.15, 0.2) is 0 Å². The van der Waals surface area contributed by atoms with E-state index in [1.807, 2.05) is 36.2 Å². The Balaban J connectivity index is 1.91. The Bertz CT molecular complexity index is 554. The molecule has 2 rings (SSSR count). The molecule has 4 heteroatoms. The number of benzene rings is 2. The smallest absolute Gasteiger partial charge is 0.123 e. The SMILES string of the molecule is CN(Cc1ccc(F)cc1)CC(O)c1ccc(CN)cc1. The Morgan fingerprint density at radius 3 is 2.19 bits per heavy atom. The van der Waals surface area contributed by atoms with Crippen molar-refractivity contribution < 1.29 is 9.50 Å². The molecule has 2 aromatic carbocycles. The summed E-state index contributed by atoms with van der Waals surface area (Å²) in [5.74, 6) is -0.235. The molecule has 0 heterocycles. The van der Waals surface area contributed by atoms with Gasteiger partial charge in [-0.15, -0.1) is 0 Å². The van der Waals surface area contributed by atoms with E-state index in [0.717, 1.165) is 16.7 Å². The normalized spacial score (nSPS) is 12.6. The summed E-state index contributed by atoms with van der Waals surface area (Å²) in [6.07, 6.45) is -0.553. The number of aliphatic hydroxyl groups is 1. The van der Waals surface area contributed by atoms with E-state index in [0.29, 0.717) is 19.6 Å². The van der Waals surface area contributed by atoms with E-state index in [4.69, 9.17) is 5.73 Å². The highest BCUT2D eigenvalue weighted by atomic mass is 19.1. The lowest BCUT2D eigenvalue weighted by molar-refractivity contribution is 0.124. The largest absolute Gasteiger partial charge is 0.387 e. The Morgan fingerprint density at radius 1 is 1.05 bits per heavy atom. The Kier molecular flexibility index (Phi) is 5.44. The molecule has 21 heavy (non-hydrogen) atoms. The second-order valence-corrected chi connectivity index (χ2v) is 5.28. The third-order valence-electron chi connectivity index (χ3n) is 3.45. The van der Waals surface area contributed by atoms with Gasteiger partial charge in [-0.3, -0.25) is 4.90 Å². The van der Waals surface area contributed by atoms with Crippen molar-refractivity contribution in [1.29, 1.82) is 0 Å². The van der Waals surface area contributed by atoms with E-state index in [1.165, 1.54) is 12.1 Å². The number of halogens is 1. The van der Waals surface area contributed by atoms with Crippen molar-refractivity contribution >= 4 is 0 Å². The molecule has 1 atom stereocenters. The highest BCUT2D eigenvalue weighted by molar-refractivity contribution is 5.24. The van der Waals surface area contributed by atoms with Crippen LogP contribution in [-0.2, 0) is 13.1 Å². The van der Waals surface area contributed by atoms with Crippen LogP contribution >= 0.6 is 0 Å². The lowest BCUT2D eigenvalue weighted by atomic mass is 10.1. The Labute approximate surface area is 124 Å². The maximum absolute atomic E-state index is 12.9. The van der Waals surface area contributed by atoms with E-state index >= 15 is 0 Å². The van der Waals surface area contributed by atoms with Gasteiger partial charge in [-0.05, 0) is 35.9 Å². The van der Waals surface area contributed by atoms with Gasteiger partial charge in [0, 0.05) is 19.6 Å². The van der Waals surface area contributed by atoms with Gasteiger partial charge in [0.05, 0.1) is 6.10 Å². The molecule has 0 spiro atoms. The fourth-order valence-corrected chi connectivity index (χ4v) is 2.24. The number of likely N-dealkylation sites (N-methyl/N-ethyl adjacent to an activating group) is 1. The van der Waals surface area contributed by atoms with E-state index in [-0.39, 0.29) is 5.82 Å². The molecular formula is C17H21FN2O. The molecule has 2 aromatic rings. The first-order chi connectivity index (χ1) is 10.1. The average molecular weight is 288 g/mol. The van der Waals surface area contributed by atoms with Crippen LogP contribution < -0.4 is 5.73 Å². The number of rotatable bonds is 6. The molecular weight excluding hydrogens is 267 g/mol. The van der Waals surface area contributed by atoms with E-state index in [1.54, 1.807) is 12.1 Å². The molecule has 0 radical (unpaired) electrons. The second-order valence-electron chi connectivity index (χ2n) is 5.28. The summed E-state index contributed by atoms with van der Waals surface area (Å²) in [4.78, 5) is 2.01. The Hall–Kier alpha value is -1.75. The Morgan fingerprint density at radius 2 is 1.62 bits per heavy atom. The predicted octanol–water partition coefficient (Wildman–Crippen LogP) is 2.45. The third-order valence-corrected chi connectivity index (χ3v) is 3.45. The van der Waals surface area contributed by atoms with Crippen molar-refractivity contribution in [3.63, 3.8) is 0 Å². The van der Waals surface area contributed by atoms with Crippen LogP contribution in [-0.4, -0.2) is 23.6 Å².